The quantitative estimate of drug-likeness (QED) is 0.506. The van der Waals surface area contributed by atoms with E-state index in [1.807, 2.05) is 36.4 Å². The molecule has 0 spiro atoms. The summed E-state index contributed by atoms with van der Waals surface area (Å²) in [6, 6.07) is 11.2. The van der Waals surface area contributed by atoms with Crippen LogP contribution in [0.5, 0.6) is 11.5 Å². The van der Waals surface area contributed by atoms with E-state index < -0.39 is 0 Å². The van der Waals surface area contributed by atoms with E-state index >= 15 is 0 Å². The predicted molar refractivity (Wildman–Crippen MR) is 120 cm³/mol. The molecule has 1 fully saturated rings. The van der Waals surface area contributed by atoms with Crippen LogP contribution in [0.4, 0.5) is 17.6 Å². The van der Waals surface area contributed by atoms with E-state index in [0.29, 0.717) is 24.1 Å². The largest absolute Gasteiger partial charge is 0.493 e. The van der Waals surface area contributed by atoms with Crippen LogP contribution < -0.4 is 20.5 Å². The summed E-state index contributed by atoms with van der Waals surface area (Å²) in [4.78, 5) is 11.0. The third-order valence-electron chi connectivity index (χ3n) is 5.24. The summed E-state index contributed by atoms with van der Waals surface area (Å²) < 4.78 is 13.0. The fourth-order valence-electron chi connectivity index (χ4n) is 3.67. The average molecular weight is 424 g/mol. The van der Waals surface area contributed by atoms with Crippen LogP contribution in [0, 0.1) is 0 Å². The fourth-order valence-corrected chi connectivity index (χ4v) is 3.67. The number of pyridine rings is 1. The number of nitrogen functional groups attached to an aromatic ring is 1. The lowest BCUT2D eigenvalue weighted by atomic mass is 10.1. The first-order valence-corrected chi connectivity index (χ1v) is 10.7. The molecular formula is C22H29N7O2. The molecule has 9 nitrogen and oxygen atoms in total. The number of likely N-dealkylation sites (tertiary alicyclic amines) is 1. The highest BCUT2D eigenvalue weighted by atomic mass is 16.5. The maximum atomic E-state index is 5.99. The Hall–Kier alpha value is -3.33. The topological polar surface area (TPSA) is 103 Å². The van der Waals surface area contributed by atoms with E-state index in [-0.39, 0.29) is 5.95 Å². The molecule has 0 amide bonds. The summed E-state index contributed by atoms with van der Waals surface area (Å²) in [5, 5.41) is 7.54. The van der Waals surface area contributed by atoms with Crippen molar-refractivity contribution in [1.82, 2.24) is 24.6 Å². The zero-order valence-corrected chi connectivity index (χ0v) is 17.8. The number of nitrogens with two attached hydrogens (primary N) is 1. The molecule has 164 valence electrons. The maximum absolute atomic E-state index is 5.99. The van der Waals surface area contributed by atoms with Gasteiger partial charge in [0, 0.05) is 24.5 Å². The summed E-state index contributed by atoms with van der Waals surface area (Å²) in [6.07, 6.45) is 6.65. The van der Waals surface area contributed by atoms with Crippen LogP contribution in [0.15, 0.2) is 42.6 Å². The molecule has 1 aromatic carbocycles. The summed E-state index contributed by atoms with van der Waals surface area (Å²) in [5.74, 6) is 2.60. The minimum absolute atomic E-state index is 0.252. The van der Waals surface area contributed by atoms with Crippen molar-refractivity contribution in [2.75, 3.05) is 44.4 Å². The number of piperidine rings is 1. The Balaban J connectivity index is 1.35. The van der Waals surface area contributed by atoms with Crippen LogP contribution in [0.2, 0.25) is 0 Å². The number of benzene rings is 1. The van der Waals surface area contributed by atoms with Gasteiger partial charge < -0.3 is 25.4 Å². The zero-order valence-electron chi connectivity index (χ0n) is 17.8. The fraction of sp³-hybridized carbons (Fsp3) is 0.409. The van der Waals surface area contributed by atoms with Gasteiger partial charge in [0.25, 0.3) is 0 Å². The molecule has 0 atom stereocenters. The second-order valence-corrected chi connectivity index (χ2v) is 7.49. The maximum Gasteiger partial charge on any atom is 0.248 e. The van der Waals surface area contributed by atoms with E-state index in [0.717, 1.165) is 24.4 Å². The van der Waals surface area contributed by atoms with Gasteiger partial charge in [-0.05, 0) is 56.6 Å². The number of nitrogens with one attached hydrogen (secondary N) is 1. The van der Waals surface area contributed by atoms with E-state index in [1.165, 1.54) is 37.0 Å². The molecule has 0 aliphatic carbocycles. The number of methoxy groups -OCH3 is 1. The van der Waals surface area contributed by atoms with Gasteiger partial charge in [-0.15, -0.1) is 5.10 Å². The van der Waals surface area contributed by atoms with Crippen molar-refractivity contribution in [3.8, 4) is 17.3 Å². The lowest BCUT2D eigenvalue weighted by Crippen LogP contribution is -2.31. The van der Waals surface area contributed by atoms with Crippen LogP contribution >= 0.6 is 0 Å². The molecule has 0 bridgehead atoms. The number of hydrogen-bond donors (Lipinski definition) is 2. The molecule has 3 aromatic rings. The zero-order chi connectivity index (χ0) is 21.5. The smallest absolute Gasteiger partial charge is 0.248 e. The first kappa shape index (κ1) is 20.9. The minimum Gasteiger partial charge on any atom is -0.493 e. The van der Waals surface area contributed by atoms with Crippen molar-refractivity contribution in [2.24, 2.45) is 0 Å². The summed E-state index contributed by atoms with van der Waals surface area (Å²) in [5.41, 5.74) is 6.76. The number of rotatable bonds is 9. The predicted octanol–water partition coefficient (Wildman–Crippen LogP) is 3.25. The van der Waals surface area contributed by atoms with Gasteiger partial charge in [0.1, 0.15) is 0 Å². The molecule has 1 aliphatic heterocycles. The highest BCUT2D eigenvalue weighted by molar-refractivity contribution is 5.60. The normalized spacial score (nSPS) is 14.4. The highest BCUT2D eigenvalue weighted by Crippen LogP contribution is 2.31. The highest BCUT2D eigenvalue weighted by Gasteiger charge is 2.13. The van der Waals surface area contributed by atoms with Crippen LogP contribution in [-0.2, 0) is 0 Å². The van der Waals surface area contributed by atoms with Crippen LogP contribution in [-0.4, -0.2) is 58.0 Å². The van der Waals surface area contributed by atoms with Gasteiger partial charge >= 0.3 is 0 Å². The molecule has 3 N–H and O–H groups in total. The van der Waals surface area contributed by atoms with Gasteiger partial charge in [0.05, 0.1) is 13.7 Å². The first-order chi connectivity index (χ1) is 15.2. The minimum atomic E-state index is 0.252. The van der Waals surface area contributed by atoms with Gasteiger partial charge in [-0.1, -0.05) is 12.5 Å². The van der Waals surface area contributed by atoms with Crippen molar-refractivity contribution in [1.29, 1.82) is 0 Å². The average Bonchev–Trinajstić information content (AvgIpc) is 3.18. The molecule has 1 saturated heterocycles. The van der Waals surface area contributed by atoms with E-state index in [1.54, 1.807) is 13.3 Å². The van der Waals surface area contributed by atoms with Crippen LogP contribution in [0.3, 0.4) is 0 Å². The molecule has 3 heterocycles. The van der Waals surface area contributed by atoms with Gasteiger partial charge in [-0.3, -0.25) is 0 Å². The second kappa shape index (κ2) is 10.1. The number of nitrogens with zero attached hydrogens (tertiary/aromatic N) is 5. The molecule has 4 rings (SSSR count). The lowest BCUT2D eigenvalue weighted by molar-refractivity contribution is 0.203. The first-order valence-electron chi connectivity index (χ1n) is 10.7. The molecule has 31 heavy (non-hydrogen) atoms. The third kappa shape index (κ3) is 5.43. The van der Waals surface area contributed by atoms with Crippen molar-refractivity contribution >= 4 is 17.6 Å². The van der Waals surface area contributed by atoms with Crippen molar-refractivity contribution in [2.45, 2.75) is 25.7 Å². The molecule has 1 aliphatic rings. The van der Waals surface area contributed by atoms with Gasteiger partial charge in [-0.25, -0.2) is 4.98 Å². The molecule has 0 radical (unpaired) electrons. The Labute approximate surface area is 182 Å². The van der Waals surface area contributed by atoms with Crippen molar-refractivity contribution in [3.63, 3.8) is 0 Å². The van der Waals surface area contributed by atoms with E-state index in [2.05, 4.69) is 25.3 Å². The Morgan fingerprint density at radius 3 is 2.74 bits per heavy atom. The van der Waals surface area contributed by atoms with E-state index in [4.69, 9.17) is 15.2 Å². The van der Waals surface area contributed by atoms with Gasteiger partial charge in [0.15, 0.2) is 17.3 Å². The van der Waals surface area contributed by atoms with Crippen molar-refractivity contribution < 1.29 is 9.47 Å². The number of anilines is 3. The second-order valence-electron chi connectivity index (χ2n) is 7.49. The number of aromatic nitrogens is 4. The molecule has 0 unspecified atom stereocenters. The Morgan fingerprint density at radius 1 is 1.10 bits per heavy atom. The van der Waals surface area contributed by atoms with Gasteiger partial charge in [0.2, 0.25) is 11.9 Å². The number of ether oxygens (including phenoxy) is 2. The van der Waals surface area contributed by atoms with Gasteiger partial charge in [-0.2, -0.15) is 9.67 Å². The summed E-state index contributed by atoms with van der Waals surface area (Å²) in [6.45, 7) is 4.15. The Morgan fingerprint density at radius 2 is 1.97 bits per heavy atom. The summed E-state index contributed by atoms with van der Waals surface area (Å²) >= 11 is 0. The molecule has 0 saturated carbocycles. The molecule has 9 heteroatoms. The van der Waals surface area contributed by atoms with Crippen molar-refractivity contribution in [3.05, 3.63) is 42.6 Å². The van der Waals surface area contributed by atoms with Crippen LogP contribution in [0.25, 0.3) is 5.82 Å². The third-order valence-corrected chi connectivity index (χ3v) is 5.24. The molecular weight excluding hydrogens is 394 g/mol. The van der Waals surface area contributed by atoms with Crippen LogP contribution in [0.1, 0.15) is 25.7 Å². The monoisotopic (exact) mass is 423 g/mol. The number of hydrogen-bond acceptors (Lipinski definition) is 8. The van der Waals surface area contributed by atoms with E-state index in [9.17, 15) is 0 Å². The Bertz CT molecular complexity index is 971. The lowest BCUT2D eigenvalue weighted by Gasteiger charge is -2.26. The standard InChI is InChI=1S/C22H29N7O2/c1-30-19-16-17(9-10-18(19)31-15-7-14-28-12-5-2-6-13-28)25-22-26-21(23)29(27-22)20-8-3-4-11-24-20/h3-4,8-11,16H,2,5-7,12-15H2,1H3,(H3,23,25,26,27). The molecule has 2 aromatic heterocycles. The SMILES string of the molecule is COc1cc(Nc2nc(N)n(-c3ccccn3)n2)ccc1OCCCN1CCCCC1. The Kier molecular flexibility index (Phi) is 6.83. The summed E-state index contributed by atoms with van der Waals surface area (Å²) in [7, 11) is 1.63.